The number of ketones is 1. The van der Waals surface area contributed by atoms with E-state index in [4.69, 9.17) is 0 Å². The van der Waals surface area contributed by atoms with Crippen molar-refractivity contribution in [2.24, 2.45) is 0 Å². The molecule has 8 nitrogen and oxygen atoms in total. The number of anilines is 4. The van der Waals surface area contributed by atoms with E-state index in [2.05, 4.69) is 20.6 Å². The second-order valence-electron chi connectivity index (χ2n) is 5.57. The predicted molar refractivity (Wildman–Crippen MR) is 98.1 cm³/mol. The third-order valence-corrected chi connectivity index (χ3v) is 3.67. The summed E-state index contributed by atoms with van der Waals surface area (Å²) in [6, 6.07) is 11.8. The molecule has 0 fully saturated rings. The fraction of sp³-hybridized carbons (Fsp3) is 0.0556. The lowest BCUT2D eigenvalue weighted by Crippen LogP contribution is -2.05. The highest BCUT2D eigenvalue weighted by molar-refractivity contribution is 5.94. The Kier molecular flexibility index (Phi) is 5.02. The number of halogens is 1. The maximum absolute atomic E-state index is 13.0. The van der Waals surface area contributed by atoms with Crippen LogP contribution in [0.4, 0.5) is 33.1 Å². The Morgan fingerprint density at radius 1 is 0.963 bits per heavy atom. The third kappa shape index (κ3) is 4.21. The molecule has 0 spiro atoms. The fourth-order valence-electron chi connectivity index (χ4n) is 2.33. The van der Waals surface area contributed by atoms with Crippen LogP contribution in [-0.2, 0) is 0 Å². The number of Topliss-reactive ketones (excluding diaryl/α,β-unsaturated/α-hetero) is 1. The molecule has 0 radical (unpaired) electrons. The Balaban J connectivity index is 1.92. The molecule has 1 heterocycles. The summed E-state index contributed by atoms with van der Waals surface area (Å²) in [5.74, 6) is -0.561. The van der Waals surface area contributed by atoms with Gasteiger partial charge in [0.2, 0.25) is 11.6 Å². The van der Waals surface area contributed by atoms with Crippen molar-refractivity contribution in [3.63, 3.8) is 0 Å². The van der Waals surface area contributed by atoms with Crippen molar-refractivity contribution in [1.82, 2.24) is 9.97 Å². The molecule has 0 saturated heterocycles. The zero-order chi connectivity index (χ0) is 19.4. The van der Waals surface area contributed by atoms with Crippen LogP contribution < -0.4 is 10.6 Å². The van der Waals surface area contributed by atoms with E-state index < -0.39 is 10.7 Å². The Labute approximate surface area is 153 Å². The highest BCUT2D eigenvalue weighted by Crippen LogP contribution is 2.33. The first-order chi connectivity index (χ1) is 12.9. The number of rotatable bonds is 6. The van der Waals surface area contributed by atoms with Crippen LogP contribution in [-0.4, -0.2) is 20.7 Å². The SMILES string of the molecule is CC(=O)c1ccc(Nc2ncnc(Nc3ccc(F)cc3)c2[N+](=O)[O-])cc1. The summed E-state index contributed by atoms with van der Waals surface area (Å²) in [6.45, 7) is 1.45. The van der Waals surface area contributed by atoms with E-state index in [1.807, 2.05) is 0 Å². The second-order valence-corrected chi connectivity index (χ2v) is 5.57. The quantitative estimate of drug-likeness (QED) is 0.381. The topological polar surface area (TPSA) is 110 Å². The van der Waals surface area contributed by atoms with Crippen LogP contribution in [0.3, 0.4) is 0 Å². The van der Waals surface area contributed by atoms with E-state index in [1.54, 1.807) is 24.3 Å². The summed E-state index contributed by atoms with van der Waals surface area (Å²) in [7, 11) is 0. The minimum Gasteiger partial charge on any atom is -0.334 e. The number of nitrogens with one attached hydrogen (secondary N) is 2. The average Bonchev–Trinajstić information content (AvgIpc) is 2.64. The number of benzene rings is 2. The summed E-state index contributed by atoms with van der Waals surface area (Å²) >= 11 is 0. The van der Waals surface area contributed by atoms with Gasteiger partial charge in [-0.05, 0) is 55.5 Å². The normalized spacial score (nSPS) is 10.3. The maximum atomic E-state index is 13.0. The van der Waals surface area contributed by atoms with Crippen molar-refractivity contribution in [1.29, 1.82) is 0 Å². The third-order valence-electron chi connectivity index (χ3n) is 3.67. The van der Waals surface area contributed by atoms with Gasteiger partial charge in [0.25, 0.3) is 0 Å². The molecule has 0 amide bonds. The van der Waals surface area contributed by atoms with Gasteiger partial charge in [-0.2, -0.15) is 0 Å². The van der Waals surface area contributed by atoms with Gasteiger partial charge in [0.1, 0.15) is 12.1 Å². The van der Waals surface area contributed by atoms with Gasteiger partial charge in [0, 0.05) is 16.9 Å². The first-order valence-corrected chi connectivity index (χ1v) is 7.84. The van der Waals surface area contributed by atoms with E-state index in [9.17, 15) is 19.3 Å². The number of carbonyl (C=O) groups excluding carboxylic acids is 1. The minimum absolute atomic E-state index is 0.0183. The number of aromatic nitrogens is 2. The Morgan fingerprint density at radius 3 is 1.89 bits per heavy atom. The average molecular weight is 367 g/mol. The molecule has 0 aliphatic heterocycles. The standard InChI is InChI=1S/C18H14FN5O3/c1-11(25)12-2-6-14(7-3-12)22-17-16(24(26)27)18(21-10-20-17)23-15-8-4-13(19)5-9-15/h2-10H,1H3,(H2,20,21,22,23). The molecule has 0 saturated carbocycles. The molecular formula is C18H14FN5O3. The Hall–Kier alpha value is -3.88. The zero-order valence-electron chi connectivity index (χ0n) is 14.1. The minimum atomic E-state index is -0.613. The Bertz CT molecular complexity index is 991. The number of hydrogen-bond donors (Lipinski definition) is 2. The smallest absolute Gasteiger partial charge is 0.334 e. The van der Waals surface area contributed by atoms with Gasteiger partial charge in [-0.3, -0.25) is 14.9 Å². The van der Waals surface area contributed by atoms with E-state index >= 15 is 0 Å². The lowest BCUT2D eigenvalue weighted by atomic mass is 10.1. The van der Waals surface area contributed by atoms with E-state index in [1.165, 1.54) is 37.5 Å². The molecule has 3 rings (SSSR count). The van der Waals surface area contributed by atoms with Crippen LogP contribution in [0.5, 0.6) is 0 Å². The highest BCUT2D eigenvalue weighted by Gasteiger charge is 2.23. The van der Waals surface area contributed by atoms with Crippen molar-refractivity contribution < 1.29 is 14.1 Å². The molecule has 1 aromatic heterocycles. The van der Waals surface area contributed by atoms with Crippen LogP contribution in [0.2, 0.25) is 0 Å². The van der Waals surface area contributed by atoms with Gasteiger partial charge in [-0.25, -0.2) is 14.4 Å². The van der Waals surface area contributed by atoms with Crippen LogP contribution in [0.15, 0.2) is 54.9 Å². The van der Waals surface area contributed by atoms with Gasteiger partial charge in [0.05, 0.1) is 4.92 Å². The zero-order valence-corrected chi connectivity index (χ0v) is 14.1. The molecule has 2 N–H and O–H groups in total. The number of nitrogens with zero attached hydrogens (tertiary/aromatic N) is 3. The molecular weight excluding hydrogens is 353 g/mol. The van der Waals surface area contributed by atoms with Gasteiger partial charge >= 0.3 is 5.69 Å². The summed E-state index contributed by atoms with van der Waals surface area (Å²) in [5, 5.41) is 17.2. The largest absolute Gasteiger partial charge is 0.353 e. The van der Waals surface area contributed by atoms with E-state index in [0.29, 0.717) is 16.9 Å². The number of nitro groups is 1. The number of carbonyl (C=O) groups is 1. The van der Waals surface area contributed by atoms with Gasteiger partial charge < -0.3 is 10.6 Å². The first-order valence-electron chi connectivity index (χ1n) is 7.84. The van der Waals surface area contributed by atoms with Crippen LogP contribution in [0.1, 0.15) is 17.3 Å². The summed E-state index contributed by atoms with van der Waals surface area (Å²) in [4.78, 5) is 30.1. The molecule has 136 valence electrons. The van der Waals surface area contributed by atoms with Crippen molar-refractivity contribution in [3.05, 3.63) is 76.4 Å². The van der Waals surface area contributed by atoms with Crippen molar-refractivity contribution in [3.8, 4) is 0 Å². The molecule has 0 bridgehead atoms. The monoisotopic (exact) mass is 367 g/mol. The van der Waals surface area contributed by atoms with E-state index in [-0.39, 0.29) is 23.1 Å². The molecule has 2 aromatic carbocycles. The molecule has 0 aliphatic carbocycles. The molecule has 3 aromatic rings. The summed E-state index contributed by atoms with van der Waals surface area (Å²) in [5.41, 5.74) is 1.12. The molecule has 27 heavy (non-hydrogen) atoms. The van der Waals surface area contributed by atoms with Gasteiger partial charge in [0.15, 0.2) is 5.78 Å². The predicted octanol–water partition coefficient (Wildman–Crippen LogP) is 4.21. The first kappa shape index (κ1) is 17.9. The van der Waals surface area contributed by atoms with Crippen molar-refractivity contribution >= 4 is 34.5 Å². The second kappa shape index (κ2) is 7.56. The van der Waals surface area contributed by atoms with Crippen LogP contribution in [0, 0.1) is 15.9 Å². The van der Waals surface area contributed by atoms with Crippen LogP contribution >= 0.6 is 0 Å². The molecule has 9 heteroatoms. The van der Waals surface area contributed by atoms with Crippen molar-refractivity contribution in [2.45, 2.75) is 6.92 Å². The van der Waals surface area contributed by atoms with Gasteiger partial charge in [-0.15, -0.1) is 0 Å². The fourth-order valence-corrected chi connectivity index (χ4v) is 2.33. The lowest BCUT2D eigenvalue weighted by Gasteiger charge is -2.10. The number of hydrogen-bond acceptors (Lipinski definition) is 7. The maximum Gasteiger partial charge on any atom is 0.353 e. The van der Waals surface area contributed by atoms with E-state index in [0.717, 1.165) is 0 Å². The Morgan fingerprint density at radius 2 is 1.44 bits per heavy atom. The molecule has 0 unspecified atom stereocenters. The lowest BCUT2D eigenvalue weighted by molar-refractivity contribution is -0.383. The highest BCUT2D eigenvalue weighted by atomic mass is 19.1. The summed E-state index contributed by atoms with van der Waals surface area (Å²) in [6.07, 6.45) is 1.17. The van der Waals surface area contributed by atoms with Gasteiger partial charge in [-0.1, -0.05) is 0 Å². The molecule has 0 atom stereocenters. The van der Waals surface area contributed by atoms with Crippen molar-refractivity contribution in [2.75, 3.05) is 10.6 Å². The summed E-state index contributed by atoms with van der Waals surface area (Å²) < 4.78 is 13.0. The van der Waals surface area contributed by atoms with Crippen LogP contribution in [0.25, 0.3) is 0 Å². The molecule has 0 aliphatic rings.